The molecule has 1 fully saturated rings. The van der Waals surface area contributed by atoms with Crippen molar-refractivity contribution < 1.29 is 4.74 Å². The Kier molecular flexibility index (Phi) is 3.67. The molecule has 1 aromatic carbocycles. The summed E-state index contributed by atoms with van der Waals surface area (Å²) in [5.41, 5.74) is 2.55. The molecule has 0 aliphatic carbocycles. The molecule has 2 aliphatic rings. The summed E-state index contributed by atoms with van der Waals surface area (Å²) in [5, 5.41) is 6.88. The van der Waals surface area contributed by atoms with E-state index in [0.29, 0.717) is 0 Å². The van der Waals surface area contributed by atoms with Crippen LogP contribution in [-0.4, -0.2) is 50.8 Å². The largest absolute Gasteiger partial charge is 0.493 e. The Bertz CT molecular complexity index is 402. The molecule has 18 heavy (non-hydrogen) atoms. The summed E-state index contributed by atoms with van der Waals surface area (Å²) >= 11 is 0. The first-order chi connectivity index (χ1) is 8.92. The average Bonchev–Trinajstić information content (AvgIpc) is 2.87. The fourth-order valence-corrected chi connectivity index (χ4v) is 2.59. The van der Waals surface area contributed by atoms with E-state index in [0.717, 1.165) is 45.0 Å². The predicted octanol–water partition coefficient (Wildman–Crippen LogP) is 0.939. The van der Waals surface area contributed by atoms with Gasteiger partial charge in [-0.1, -0.05) is 0 Å². The molecule has 1 saturated heterocycles. The van der Waals surface area contributed by atoms with Gasteiger partial charge in [-0.05, 0) is 23.8 Å². The van der Waals surface area contributed by atoms with E-state index in [2.05, 4.69) is 33.7 Å². The number of fused-ring (bicyclic) bond motifs is 1. The zero-order valence-electron chi connectivity index (χ0n) is 10.7. The van der Waals surface area contributed by atoms with E-state index < -0.39 is 0 Å². The van der Waals surface area contributed by atoms with E-state index in [1.54, 1.807) is 0 Å². The number of hydrogen-bond donors (Lipinski definition) is 2. The SMILES string of the molecule is c1cc2c(cc1NCCN1CCNCC1)CCO2. The monoisotopic (exact) mass is 247 g/mol. The molecule has 0 bridgehead atoms. The van der Waals surface area contributed by atoms with Crippen LogP contribution < -0.4 is 15.4 Å². The number of nitrogens with one attached hydrogen (secondary N) is 2. The average molecular weight is 247 g/mol. The standard InChI is InChI=1S/C14H21N3O/c1-2-14-12(3-10-18-14)11-13(1)16-6-9-17-7-4-15-5-8-17/h1-2,11,15-16H,3-10H2. The van der Waals surface area contributed by atoms with Crippen LogP contribution in [0.1, 0.15) is 5.56 Å². The summed E-state index contributed by atoms with van der Waals surface area (Å²) < 4.78 is 5.51. The van der Waals surface area contributed by atoms with Gasteiger partial charge < -0.3 is 15.4 Å². The second-order valence-corrected chi connectivity index (χ2v) is 4.94. The molecule has 2 aliphatic heterocycles. The summed E-state index contributed by atoms with van der Waals surface area (Å²) in [7, 11) is 0. The molecule has 4 heteroatoms. The zero-order valence-corrected chi connectivity index (χ0v) is 10.7. The lowest BCUT2D eigenvalue weighted by Crippen LogP contribution is -2.45. The number of benzene rings is 1. The van der Waals surface area contributed by atoms with E-state index in [1.165, 1.54) is 24.3 Å². The summed E-state index contributed by atoms with van der Waals surface area (Å²) in [6.07, 6.45) is 1.04. The molecule has 0 aromatic heterocycles. The normalized spacial score (nSPS) is 19.3. The molecule has 4 nitrogen and oxygen atoms in total. The van der Waals surface area contributed by atoms with Crippen molar-refractivity contribution in [3.63, 3.8) is 0 Å². The Hall–Kier alpha value is -1.26. The van der Waals surface area contributed by atoms with Gasteiger partial charge in [0.25, 0.3) is 0 Å². The van der Waals surface area contributed by atoms with E-state index in [-0.39, 0.29) is 0 Å². The maximum atomic E-state index is 5.51. The van der Waals surface area contributed by atoms with Crippen LogP contribution in [0.4, 0.5) is 5.69 Å². The first kappa shape index (κ1) is 11.8. The number of piperazine rings is 1. The maximum Gasteiger partial charge on any atom is 0.122 e. The van der Waals surface area contributed by atoms with Crippen LogP contribution in [0.5, 0.6) is 5.75 Å². The van der Waals surface area contributed by atoms with Crippen LogP contribution in [-0.2, 0) is 6.42 Å². The summed E-state index contributed by atoms with van der Waals surface area (Å²) in [6.45, 7) is 7.54. The Balaban J connectivity index is 1.48. The quantitative estimate of drug-likeness (QED) is 0.830. The number of hydrogen-bond acceptors (Lipinski definition) is 4. The van der Waals surface area contributed by atoms with Crippen molar-refractivity contribution in [2.24, 2.45) is 0 Å². The molecule has 0 spiro atoms. The van der Waals surface area contributed by atoms with Crippen LogP contribution >= 0.6 is 0 Å². The Morgan fingerprint density at radius 1 is 1.28 bits per heavy atom. The van der Waals surface area contributed by atoms with Crippen LogP contribution in [0.25, 0.3) is 0 Å². The van der Waals surface area contributed by atoms with Crippen molar-refractivity contribution in [2.45, 2.75) is 6.42 Å². The highest BCUT2D eigenvalue weighted by molar-refractivity contribution is 5.52. The molecule has 98 valence electrons. The van der Waals surface area contributed by atoms with Crippen molar-refractivity contribution in [3.8, 4) is 5.75 Å². The first-order valence-electron chi connectivity index (χ1n) is 6.84. The van der Waals surface area contributed by atoms with Crippen LogP contribution in [0.15, 0.2) is 18.2 Å². The maximum absolute atomic E-state index is 5.51. The van der Waals surface area contributed by atoms with Gasteiger partial charge in [0.1, 0.15) is 5.75 Å². The second-order valence-electron chi connectivity index (χ2n) is 4.94. The second kappa shape index (κ2) is 5.59. The van der Waals surface area contributed by atoms with Gasteiger partial charge >= 0.3 is 0 Å². The third kappa shape index (κ3) is 2.76. The van der Waals surface area contributed by atoms with Crippen molar-refractivity contribution in [2.75, 3.05) is 51.2 Å². The van der Waals surface area contributed by atoms with Gasteiger partial charge in [-0.25, -0.2) is 0 Å². The highest BCUT2D eigenvalue weighted by Gasteiger charge is 2.12. The molecule has 3 rings (SSSR count). The summed E-state index contributed by atoms with van der Waals surface area (Å²) in [4.78, 5) is 2.50. The predicted molar refractivity (Wildman–Crippen MR) is 73.4 cm³/mol. The van der Waals surface area contributed by atoms with Crippen LogP contribution in [0.3, 0.4) is 0 Å². The molecule has 0 saturated carbocycles. The van der Waals surface area contributed by atoms with Crippen molar-refractivity contribution in [1.29, 1.82) is 0 Å². The number of nitrogens with zero attached hydrogens (tertiary/aromatic N) is 1. The lowest BCUT2D eigenvalue weighted by atomic mass is 10.1. The topological polar surface area (TPSA) is 36.5 Å². The van der Waals surface area contributed by atoms with E-state index in [1.807, 2.05) is 0 Å². The summed E-state index contributed by atoms with van der Waals surface area (Å²) in [6, 6.07) is 6.41. The third-order valence-corrected chi connectivity index (χ3v) is 3.66. The van der Waals surface area contributed by atoms with Gasteiger partial charge in [0.15, 0.2) is 0 Å². The van der Waals surface area contributed by atoms with Gasteiger partial charge in [-0.2, -0.15) is 0 Å². The van der Waals surface area contributed by atoms with Gasteiger partial charge in [0, 0.05) is 51.4 Å². The molecular weight excluding hydrogens is 226 g/mol. The molecule has 0 unspecified atom stereocenters. The molecule has 0 atom stereocenters. The van der Waals surface area contributed by atoms with Crippen molar-refractivity contribution >= 4 is 5.69 Å². The third-order valence-electron chi connectivity index (χ3n) is 3.66. The van der Waals surface area contributed by atoms with Gasteiger partial charge in [-0.3, -0.25) is 4.90 Å². The molecule has 2 N–H and O–H groups in total. The smallest absolute Gasteiger partial charge is 0.122 e. The fraction of sp³-hybridized carbons (Fsp3) is 0.571. The molecule has 2 heterocycles. The molecular formula is C14H21N3O. The minimum Gasteiger partial charge on any atom is -0.493 e. The van der Waals surface area contributed by atoms with Gasteiger partial charge in [0.2, 0.25) is 0 Å². The highest BCUT2D eigenvalue weighted by Crippen LogP contribution is 2.27. The lowest BCUT2D eigenvalue weighted by Gasteiger charge is -2.27. The zero-order chi connectivity index (χ0) is 12.2. The minimum atomic E-state index is 0.833. The minimum absolute atomic E-state index is 0.833. The lowest BCUT2D eigenvalue weighted by molar-refractivity contribution is 0.249. The Morgan fingerprint density at radius 2 is 2.17 bits per heavy atom. The molecule has 0 amide bonds. The Labute approximate surface area is 108 Å². The van der Waals surface area contributed by atoms with Crippen LogP contribution in [0, 0.1) is 0 Å². The van der Waals surface area contributed by atoms with Crippen molar-refractivity contribution in [3.05, 3.63) is 23.8 Å². The first-order valence-corrected chi connectivity index (χ1v) is 6.84. The van der Waals surface area contributed by atoms with E-state index in [9.17, 15) is 0 Å². The Morgan fingerprint density at radius 3 is 3.06 bits per heavy atom. The van der Waals surface area contributed by atoms with E-state index >= 15 is 0 Å². The van der Waals surface area contributed by atoms with Gasteiger partial charge in [0.05, 0.1) is 6.61 Å². The molecule has 1 aromatic rings. The molecule has 0 radical (unpaired) electrons. The van der Waals surface area contributed by atoms with Crippen molar-refractivity contribution in [1.82, 2.24) is 10.2 Å². The highest BCUT2D eigenvalue weighted by atomic mass is 16.5. The fourth-order valence-electron chi connectivity index (χ4n) is 2.59. The number of ether oxygens (including phenoxy) is 1. The van der Waals surface area contributed by atoms with Gasteiger partial charge in [-0.15, -0.1) is 0 Å². The number of rotatable bonds is 4. The van der Waals surface area contributed by atoms with E-state index in [4.69, 9.17) is 4.74 Å². The van der Waals surface area contributed by atoms with Crippen LogP contribution in [0.2, 0.25) is 0 Å². The summed E-state index contributed by atoms with van der Waals surface area (Å²) in [5.74, 6) is 1.06. The number of anilines is 1.